The van der Waals surface area contributed by atoms with Gasteiger partial charge < -0.3 is 10.1 Å². The van der Waals surface area contributed by atoms with E-state index >= 15 is 0 Å². The Kier molecular flexibility index (Phi) is 3.72. The first-order valence-corrected chi connectivity index (χ1v) is 6.15. The van der Waals surface area contributed by atoms with Crippen LogP contribution in [0.15, 0.2) is 12.1 Å². The maximum Gasteiger partial charge on any atom is 0.137 e. The second kappa shape index (κ2) is 5.07. The molecular weight excluding hydrogens is 222 g/mol. The van der Waals surface area contributed by atoms with Crippen LogP contribution in [0.5, 0.6) is 5.75 Å². The number of rotatable bonds is 3. The summed E-state index contributed by atoms with van der Waals surface area (Å²) in [6.45, 7) is 3.24. The largest absolute Gasteiger partial charge is 0.495 e. The molecular formula is C13H18ClNO. The van der Waals surface area contributed by atoms with Crippen molar-refractivity contribution in [2.75, 3.05) is 13.7 Å². The zero-order chi connectivity index (χ0) is 11.5. The lowest BCUT2D eigenvalue weighted by atomic mass is 9.99. The second-order valence-electron chi connectivity index (χ2n) is 4.37. The van der Waals surface area contributed by atoms with Gasteiger partial charge in [-0.25, -0.2) is 0 Å². The molecule has 1 aliphatic rings. The van der Waals surface area contributed by atoms with Crippen LogP contribution in [0.3, 0.4) is 0 Å². The number of halogens is 1. The minimum absolute atomic E-state index is 0.573. The van der Waals surface area contributed by atoms with Gasteiger partial charge in [-0.3, -0.25) is 0 Å². The van der Waals surface area contributed by atoms with E-state index in [0.29, 0.717) is 6.04 Å². The van der Waals surface area contributed by atoms with Crippen molar-refractivity contribution in [2.24, 2.45) is 0 Å². The summed E-state index contributed by atoms with van der Waals surface area (Å²) in [6.07, 6.45) is 3.51. The summed E-state index contributed by atoms with van der Waals surface area (Å²) in [4.78, 5) is 0. The molecule has 1 fully saturated rings. The van der Waals surface area contributed by atoms with E-state index in [1.807, 2.05) is 6.07 Å². The minimum atomic E-state index is 0.573. The van der Waals surface area contributed by atoms with Crippen molar-refractivity contribution in [3.8, 4) is 5.75 Å². The van der Waals surface area contributed by atoms with Crippen LogP contribution in [0.2, 0.25) is 5.02 Å². The lowest BCUT2D eigenvalue weighted by Gasteiger charge is -2.15. The highest BCUT2D eigenvalue weighted by Crippen LogP contribution is 2.32. The molecule has 16 heavy (non-hydrogen) atoms. The molecule has 1 heterocycles. The molecule has 1 atom stereocenters. The summed E-state index contributed by atoms with van der Waals surface area (Å²) in [5, 5.41) is 4.27. The van der Waals surface area contributed by atoms with Gasteiger partial charge in [-0.2, -0.15) is 0 Å². The van der Waals surface area contributed by atoms with Gasteiger partial charge in [0, 0.05) is 6.04 Å². The van der Waals surface area contributed by atoms with E-state index in [9.17, 15) is 0 Å². The second-order valence-corrected chi connectivity index (χ2v) is 4.75. The Bertz CT molecular complexity index is 372. The summed E-state index contributed by atoms with van der Waals surface area (Å²) >= 11 is 6.34. The molecule has 1 saturated heterocycles. The van der Waals surface area contributed by atoms with Gasteiger partial charge in [0.25, 0.3) is 0 Å². The molecule has 0 radical (unpaired) electrons. The molecule has 0 amide bonds. The smallest absolute Gasteiger partial charge is 0.137 e. The predicted octanol–water partition coefficient (Wildman–Crippen LogP) is 2.95. The quantitative estimate of drug-likeness (QED) is 0.876. The number of benzene rings is 1. The summed E-state index contributed by atoms with van der Waals surface area (Å²) < 4.78 is 5.25. The van der Waals surface area contributed by atoms with Crippen LogP contribution >= 0.6 is 11.6 Å². The number of hydrogen-bond donors (Lipinski definition) is 1. The molecule has 0 saturated carbocycles. The molecule has 0 bridgehead atoms. The Morgan fingerprint density at radius 2 is 2.31 bits per heavy atom. The van der Waals surface area contributed by atoms with E-state index in [2.05, 4.69) is 18.3 Å². The van der Waals surface area contributed by atoms with E-state index in [-0.39, 0.29) is 0 Å². The van der Waals surface area contributed by atoms with E-state index in [0.717, 1.165) is 23.7 Å². The zero-order valence-electron chi connectivity index (χ0n) is 9.85. The van der Waals surface area contributed by atoms with Gasteiger partial charge in [-0.1, -0.05) is 17.7 Å². The van der Waals surface area contributed by atoms with Gasteiger partial charge in [0.05, 0.1) is 12.1 Å². The van der Waals surface area contributed by atoms with Gasteiger partial charge in [0.1, 0.15) is 5.75 Å². The fourth-order valence-corrected chi connectivity index (χ4v) is 2.65. The molecule has 3 heteroatoms. The van der Waals surface area contributed by atoms with Crippen molar-refractivity contribution >= 4 is 11.6 Å². The zero-order valence-corrected chi connectivity index (χ0v) is 10.6. The normalized spacial score (nSPS) is 20.1. The number of methoxy groups -OCH3 is 1. The highest BCUT2D eigenvalue weighted by atomic mass is 35.5. The van der Waals surface area contributed by atoms with Crippen molar-refractivity contribution < 1.29 is 4.74 Å². The number of nitrogens with one attached hydrogen (secondary N) is 1. The average molecular weight is 240 g/mol. The molecule has 1 N–H and O–H groups in total. The SMILES string of the molecule is COc1ccc(C)c(CC2CCCN2)c1Cl. The van der Waals surface area contributed by atoms with Gasteiger partial charge >= 0.3 is 0 Å². The summed E-state index contributed by atoms with van der Waals surface area (Å²) in [6, 6.07) is 4.58. The fourth-order valence-electron chi connectivity index (χ4n) is 2.28. The van der Waals surface area contributed by atoms with E-state index in [1.165, 1.54) is 24.0 Å². The van der Waals surface area contributed by atoms with E-state index in [4.69, 9.17) is 16.3 Å². The molecule has 2 rings (SSSR count). The highest BCUT2D eigenvalue weighted by Gasteiger charge is 2.18. The molecule has 1 aromatic carbocycles. The van der Waals surface area contributed by atoms with Crippen LogP contribution in [0, 0.1) is 6.92 Å². The minimum Gasteiger partial charge on any atom is -0.495 e. The Labute approximate surface area is 102 Å². The van der Waals surface area contributed by atoms with E-state index in [1.54, 1.807) is 7.11 Å². The Hall–Kier alpha value is -0.730. The van der Waals surface area contributed by atoms with Crippen LogP contribution in [0.25, 0.3) is 0 Å². The van der Waals surface area contributed by atoms with Crippen molar-refractivity contribution in [3.05, 3.63) is 28.3 Å². The molecule has 0 spiro atoms. The highest BCUT2D eigenvalue weighted by molar-refractivity contribution is 6.33. The molecule has 2 nitrogen and oxygen atoms in total. The van der Waals surface area contributed by atoms with Gasteiger partial charge in [0.15, 0.2) is 0 Å². The van der Waals surface area contributed by atoms with Gasteiger partial charge in [0.2, 0.25) is 0 Å². The van der Waals surface area contributed by atoms with Gasteiger partial charge in [-0.15, -0.1) is 0 Å². The summed E-state index contributed by atoms with van der Waals surface area (Å²) in [5.74, 6) is 0.778. The third kappa shape index (κ3) is 2.33. The maximum absolute atomic E-state index is 6.34. The van der Waals surface area contributed by atoms with Gasteiger partial charge in [-0.05, 0) is 49.9 Å². The predicted molar refractivity (Wildman–Crippen MR) is 67.5 cm³/mol. The number of aryl methyl sites for hydroxylation is 1. The topological polar surface area (TPSA) is 21.3 Å². The Morgan fingerprint density at radius 1 is 1.50 bits per heavy atom. The number of ether oxygens (including phenoxy) is 1. The molecule has 1 aromatic rings. The Balaban J connectivity index is 2.23. The van der Waals surface area contributed by atoms with Crippen LogP contribution in [-0.4, -0.2) is 19.7 Å². The maximum atomic E-state index is 6.34. The van der Waals surface area contributed by atoms with Crippen LogP contribution < -0.4 is 10.1 Å². The lowest BCUT2D eigenvalue weighted by molar-refractivity contribution is 0.414. The molecule has 0 aromatic heterocycles. The average Bonchev–Trinajstić information content (AvgIpc) is 2.77. The molecule has 88 valence electrons. The third-order valence-corrected chi connectivity index (χ3v) is 3.69. The number of hydrogen-bond acceptors (Lipinski definition) is 2. The lowest BCUT2D eigenvalue weighted by Crippen LogP contribution is -2.24. The first kappa shape index (κ1) is 11.7. The summed E-state index contributed by atoms with van der Waals surface area (Å²) in [5.41, 5.74) is 2.47. The molecule has 1 aliphatic heterocycles. The summed E-state index contributed by atoms with van der Waals surface area (Å²) in [7, 11) is 1.66. The first-order chi connectivity index (χ1) is 7.72. The van der Waals surface area contributed by atoms with Crippen molar-refractivity contribution in [2.45, 2.75) is 32.2 Å². The third-order valence-electron chi connectivity index (χ3n) is 3.27. The Morgan fingerprint density at radius 3 is 2.94 bits per heavy atom. The van der Waals surface area contributed by atoms with E-state index < -0.39 is 0 Å². The van der Waals surface area contributed by atoms with Crippen LogP contribution in [0.4, 0.5) is 0 Å². The van der Waals surface area contributed by atoms with Crippen LogP contribution in [0.1, 0.15) is 24.0 Å². The van der Waals surface area contributed by atoms with Crippen LogP contribution in [-0.2, 0) is 6.42 Å². The van der Waals surface area contributed by atoms with Crippen molar-refractivity contribution in [1.82, 2.24) is 5.32 Å². The first-order valence-electron chi connectivity index (χ1n) is 5.77. The standard InChI is InChI=1S/C13H18ClNO/c1-9-5-6-12(16-2)13(14)11(9)8-10-4-3-7-15-10/h5-6,10,15H,3-4,7-8H2,1-2H3. The fraction of sp³-hybridized carbons (Fsp3) is 0.538. The van der Waals surface area contributed by atoms with Crippen molar-refractivity contribution in [3.63, 3.8) is 0 Å². The van der Waals surface area contributed by atoms with Crippen molar-refractivity contribution in [1.29, 1.82) is 0 Å². The monoisotopic (exact) mass is 239 g/mol. The molecule has 1 unspecified atom stereocenters. The molecule has 0 aliphatic carbocycles.